The Labute approximate surface area is 160 Å². The molecular weight excluding hydrogens is 368 g/mol. The molecule has 0 saturated heterocycles. The first-order valence-corrected chi connectivity index (χ1v) is 8.84. The first-order chi connectivity index (χ1) is 13.6. The van der Waals surface area contributed by atoms with Gasteiger partial charge in [0.1, 0.15) is 24.0 Å². The molecule has 0 atom stereocenters. The normalized spacial score (nSPS) is 10.6. The quantitative estimate of drug-likeness (QED) is 0.569. The lowest BCUT2D eigenvalue weighted by Gasteiger charge is -2.07. The first-order valence-electron chi connectivity index (χ1n) is 8.84. The van der Waals surface area contributed by atoms with Crippen LogP contribution in [0.3, 0.4) is 0 Å². The van der Waals surface area contributed by atoms with Gasteiger partial charge in [-0.2, -0.15) is 4.98 Å². The van der Waals surface area contributed by atoms with Crippen LogP contribution >= 0.6 is 0 Å². The zero-order valence-electron chi connectivity index (χ0n) is 15.0. The lowest BCUT2D eigenvalue weighted by atomic mass is 10.2. The molecule has 3 rings (SSSR count). The maximum atomic E-state index is 12.9. The molecular formula is C20H19F2N3O3. The number of hydrogen-bond acceptors (Lipinski definition) is 5. The molecule has 0 radical (unpaired) electrons. The van der Waals surface area contributed by atoms with E-state index in [1.165, 1.54) is 36.4 Å². The minimum absolute atomic E-state index is 0.110. The first kappa shape index (κ1) is 19.5. The third-order valence-corrected chi connectivity index (χ3v) is 3.87. The van der Waals surface area contributed by atoms with Gasteiger partial charge in [0.2, 0.25) is 17.6 Å². The van der Waals surface area contributed by atoms with Gasteiger partial charge in [-0.3, -0.25) is 4.79 Å². The van der Waals surface area contributed by atoms with Gasteiger partial charge in [0.05, 0.1) is 6.54 Å². The van der Waals surface area contributed by atoms with Gasteiger partial charge in [0.25, 0.3) is 0 Å². The summed E-state index contributed by atoms with van der Waals surface area (Å²) in [7, 11) is 0. The second kappa shape index (κ2) is 9.59. The Bertz CT molecular complexity index is 896. The van der Waals surface area contributed by atoms with Crippen LogP contribution in [0.25, 0.3) is 11.4 Å². The molecule has 3 aromatic rings. The number of rotatable bonds is 9. The van der Waals surface area contributed by atoms with Crippen molar-refractivity contribution in [2.24, 2.45) is 0 Å². The Balaban J connectivity index is 1.33. The highest BCUT2D eigenvalue weighted by atomic mass is 19.1. The third-order valence-electron chi connectivity index (χ3n) is 3.87. The molecule has 6 nitrogen and oxygen atoms in total. The molecule has 0 aliphatic carbocycles. The van der Waals surface area contributed by atoms with Crippen LogP contribution < -0.4 is 10.1 Å². The molecule has 0 bridgehead atoms. The Morgan fingerprint density at radius 2 is 1.71 bits per heavy atom. The Morgan fingerprint density at radius 3 is 2.43 bits per heavy atom. The van der Waals surface area contributed by atoms with Crippen LogP contribution in [0.1, 0.15) is 18.7 Å². The van der Waals surface area contributed by atoms with E-state index in [4.69, 9.17) is 9.26 Å². The zero-order chi connectivity index (χ0) is 19.8. The molecule has 0 unspecified atom stereocenters. The van der Waals surface area contributed by atoms with Crippen molar-refractivity contribution < 1.29 is 22.8 Å². The van der Waals surface area contributed by atoms with Crippen LogP contribution in [0, 0.1) is 11.6 Å². The Hall–Kier alpha value is -3.29. The largest absolute Gasteiger partial charge is 0.492 e. The highest BCUT2D eigenvalue weighted by Crippen LogP contribution is 2.16. The highest BCUT2D eigenvalue weighted by molar-refractivity contribution is 5.75. The molecule has 0 aliphatic heterocycles. The molecule has 0 spiro atoms. The number of aromatic nitrogens is 2. The van der Waals surface area contributed by atoms with Gasteiger partial charge in [-0.25, -0.2) is 8.78 Å². The standard InChI is InChI=1S/C20H19F2N3O3/c21-15-6-4-14(5-7-15)20-24-19(28-25-20)3-1-2-18(26)23-12-13-27-17-10-8-16(22)9-11-17/h4-11H,1-3,12-13H2,(H,23,26). The Morgan fingerprint density at radius 1 is 1.04 bits per heavy atom. The van der Waals surface area contributed by atoms with Crippen molar-refractivity contribution in [1.82, 2.24) is 15.5 Å². The topological polar surface area (TPSA) is 77.2 Å². The summed E-state index contributed by atoms with van der Waals surface area (Å²) in [4.78, 5) is 16.1. The van der Waals surface area contributed by atoms with Gasteiger partial charge in [-0.15, -0.1) is 0 Å². The summed E-state index contributed by atoms with van der Waals surface area (Å²) < 4.78 is 36.3. The second-order valence-electron chi connectivity index (χ2n) is 6.02. The van der Waals surface area contributed by atoms with Crippen molar-refractivity contribution in [1.29, 1.82) is 0 Å². The fourth-order valence-corrected chi connectivity index (χ4v) is 2.45. The average Bonchev–Trinajstić information content (AvgIpc) is 3.16. The highest BCUT2D eigenvalue weighted by Gasteiger charge is 2.09. The van der Waals surface area contributed by atoms with E-state index in [0.29, 0.717) is 55.4 Å². The number of carbonyl (C=O) groups excluding carboxylic acids is 1. The van der Waals surface area contributed by atoms with Crippen molar-refractivity contribution in [3.8, 4) is 17.1 Å². The molecule has 1 N–H and O–H groups in total. The minimum Gasteiger partial charge on any atom is -0.492 e. The van der Waals surface area contributed by atoms with Crippen molar-refractivity contribution in [2.45, 2.75) is 19.3 Å². The lowest BCUT2D eigenvalue weighted by Crippen LogP contribution is -2.27. The third kappa shape index (κ3) is 5.87. The molecule has 2 aromatic carbocycles. The second-order valence-corrected chi connectivity index (χ2v) is 6.02. The van der Waals surface area contributed by atoms with E-state index in [-0.39, 0.29) is 17.5 Å². The van der Waals surface area contributed by atoms with Gasteiger partial charge in [0, 0.05) is 18.4 Å². The van der Waals surface area contributed by atoms with Crippen LogP contribution in [0.5, 0.6) is 5.75 Å². The predicted molar refractivity (Wildman–Crippen MR) is 97.5 cm³/mol. The van der Waals surface area contributed by atoms with Crippen molar-refractivity contribution in [2.75, 3.05) is 13.2 Å². The van der Waals surface area contributed by atoms with Gasteiger partial charge in [0.15, 0.2) is 0 Å². The monoisotopic (exact) mass is 387 g/mol. The van der Waals surface area contributed by atoms with Crippen molar-refractivity contribution in [3.63, 3.8) is 0 Å². The summed E-state index contributed by atoms with van der Waals surface area (Å²) in [6, 6.07) is 11.5. The van der Waals surface area contributed by atoms with E-state index in [2.05, 4.69) is 15.5 Å². The predicted octanol–water partition coefficient (Wildman–Crippen LogP) is 3.53. The van der Waals surface area contributed by atoms with Crippen LogP contribution in [0.2, 0.25) is 0 Å². The minimum atomic E-state index is -0.332. The van der Waals surface area contributed by atoms with Gasteiger partial charge in [-0.1, -0.05) is 5.16 Å². The van der Waals surface area contributed by atoms with E-state index in [9.17, 15) is 13.6 Å². The summed E-state index contributed by atoms with van der Waals surface area (Å²) in [6.07, 6.45) is 1.33. The summed E-state index contributed by atoms with van der Waals surface area (Å²) in [5.74, 6) is 0.586. The lowest BCUT2D eigenvalue weighted by molar-refractivity contribution is -0.121. The van der Waals surface area contributed by atoms with Crippen LogP contribution in [0.15, 0.2) is 53.1 Å². The summed E-state index contributed by atoms with van der Waals surface area (Å²) in [5.41, 5.74) is 0.662. The molecule has 1 aromatic heterocycles. The number of nitrogens with zero attached hydrogens (tertiary/aromatic N) is 2. The van der Waals surface area contributed by atoms with Crippen molar-refractivity contribution >= 4 is 5.91 Å². The van der Waals surface area contributed by atoms with E-state index in [1.807, 2.05) is 0 Å². The number of carbonyl (C=O) groups is 1. The molecule has 146 valence electrons. The SMILES string of the molecule is O=C(CCCc1nc(-c2ccc(F)cc2)no1)NCCOc1ccc(F)cc1. The molecule has 1 heterocycles. The summed E-state index contributed by atoms with van der Waals surface area (Å²) in [5, 5.41) is 6.61. The van der Waals surface area contributed by atoms with Crippen LogP contribution in [0.4, 0.5) is 8.78 Å². The molecule has 0 saturated carbocycles. The number of nitrogens with one attached hydrogen (secondary N) is 1. The molecule has 8 heteroatoms. The van der Waals surface area contributed by atoms with E-state index in [0.717, 1.165) is 0 Å². The van der Waals surface area contributed by atoms with E-state index in [1.54, 1.807) is 12.1 Å². The number of benzene rings is 2. The molecule has 0 aliphatic rings. The van der Waals surface area contributed by atoms with E-state index < -0.39 is 0 Å². The molecule has 1 amide bonds. The number of ether oxygens (including phenoxy) is 1. The smallest absolute Gasteiger partial charge is 0.226 e. The maximum absolute atomic E-state index is 12.9. The summed E-state index contributed by atoms with van der Waals surface area (Å²) >= 11 is 0. The maximum Gasteiger partial charge on any atom is 0.226 e. The van der Waals surface area contributed by atoms with Gasteiger partial charge in [-0.05, 0) is 55.0 Å². The van der Waals surface area contributed by atoms with Gasteiger partial charge < -0.3 is 14.6 Å². The molecule has 28 heavy (non-hydrogen) atoms. The van der Waals surface area contributed by atoms with Crippen LogP contribution in [-0.2, 0) is 11.2 Å². The van der Waals surface area contributed by atoms with Crippen molar-refractivity contribution in [3.05, 3.63) is 66.1 Å². The molecule has 0 fully saturated rings. The number of halogens is 2. The fourth-order valence-electron chi connectivity index (χ4n) is 2.45. The summed E-state index contributed by atoms with van der Waals surface area (Å²) in [6.45, 7) is 0.646. The average molecular weight is 387 g/mol. The van der Waals surface area contributed by atoms with Gasteiger partial charge >= 0.3 is 0 Å². The fraction of sp³-hybridized carbons (Fsp3) is 0.250. The van der Waals surface area contributed by atoms with E-state index >= 15 is 0 Å². The number of aryl methyl sites for hydroxylation is 1. The Kier molecular flexibility index (Phi) is 6.67. The van der Waals surface area contributed by atoms with Crippen LogP contribution in [-0.4, -0.2) is 29.2 Å². The zero-order valence-corrected chi connectivity index (χ0v) is 15.0. The number of amides is 1. The number of hydrogen-bond donors (Lipinski definition) is 1.